The predicted molar refractivity (Wildman–Crippen MR) is 128 cm³/mol. The molecule has 1 amide bonds. The first-order valence-electron chi connectivity index (χ1n) is 11.5. The molecular weight excluding hydrogens is 473 g/mol. The van der Waals surface area contributed by atoms with Crippen molar-refractivity contribution in [1.82, 2.24) is 34.7 Å². The van der Waals surface area contributed by atoms with E-state index in [4.69, 9.17) is 5.73 Å². The van der Waals surface area contributed by atoms with Crippen LogP contribution in [0.2, 0.25) is 0 Å². The number of nitrogens with one attached hydrogen (secondary N) is 1. The molecule has 4 aromatic heterocycles. The third kappa shape index (κ3) is 5.02. The Balaban J connectivity index is 1.72. The Kier molecular flexibility index (Phi) is 6.70. The topological polar surface area (TPSA) is 116 Å². The van der Waals surface area contributed by atoms with Crippen molar-refractivity contribution in [2.45, 2.75) is 52.4 Å². The monoisotopic (exact) mass is 500 g/mol. The zero-order valence-corrected chi connectivity index (χ0v) is 20.3. The molecule has 3 N–H and O–H groups in total. The third-order valence-corrected chi connectivity index (χ3v) is 5.95. The molecular formula is C24H27F3N8O. The molecule has 0 bridgehead atoms. The molecule has 12 heteroatoms. The molecule has 0 aromatic carbocycles. The molecule has 0 aliphatic heterocycles. The lowest BCUT2D eigenvalue weighted by Crippen LogP contribution is -2.32. The zero-order chi connectivity index (χ0) is 26.2. The van der Waals surface area contributed by atoms with Crippen LogP contribution in [-0.2, 0) is 6.18 Å². The van der Waals surface area contributed by atoms with E-state index in [1.807, 2.05) is 27.7 Å². The van der Waals surface area contributed by atoms with Gasteiger partial charge in [-0.05, 0) is 37.0 Å². The van der Waals surface area contributed by atoms with Crippen molar-refractivity contribution in [1.29, 1.82) is 0 Å². The minimum atomic E-state index is -4.51. The second-order valence-electron chi connectivity index (χ2n) is 9.04. The molecule has 9 nitrogen and oxygen atoms in total. The fourth-order valence-electron chi connectivity index (χ4n) is 3.96. The lowest BCUT2D eigenvalue weighted by Gasteiger charge is -2.22. The highest BCUT2D eigenvalue weighted by Gasteiger charge is 2.32. The standard InChI is InChI=1S/C24H27F3N8O/c1-5-14(4)31-22(36)18-8-16(11-35-21(18)32-23(28)33-35)17-10-30-34(12-17)20(13(2)3)15-6-7-19(29-9-15)24(25,26)27/h6-14,20H,5H2,1-4H3,(H2,28,33)(H,31,36)/t14-,20?/m0/s1. The summed E-state index contributed by atoms with van der Waals surface area (Å²) in [6.07, 6.45) is 2.59. The summed E-state index contributed by atoms with van der Waals surface area (Å²) in [7, 11) is 0. The summed E-state index contributed by atoms with van der Waals surface area (Å²) >= 11 is 0. The summed E-state index contributed by atoms with van der Waals surface area (Å²) < 4.78 is 42.0. The van der Waals surface area contributed by atoms with Crippen LogP contribution in [0.25, 0.3) is 16.8 Å². The van der Waals surface area contributed by atoms with Gasteiger partial charge in [-0.2, -0.15) is 23.3 Å². The number of carbonyl (C=O) groups is 1. The maximum Gasteiger partial charge on any atom is 0.433 e. The van der Waals surface area contributed by atoms with Gasteiger partial charge in [0.1, 0.15) is 5.69 Å². The van der Waals surface area contributed by atoms with Gasteiger partial charge in [0.2, 0.25) is 5.95 Å². The number of pyridine rings is 2. The van der Waals surface area contributed by atoms with Crippen LogP contribution in [0.4, 0.5) is 19.1 Å². The number of hydrogen-bond donors (Lipinski definition) is 2. The number of hydrogen-bond acceptors (Lipinski definition) is 6. The van der Waals surface area contributed by atoms with Gasteiger partial charge in [-0.15, -0.1) is 5.10 Å². The molecule has 0 spiro atoms. The number of fused-ring (bicyclic) bond motifs is 1. The van der Waals surface area contributed by atoms with Crippen molar-refractivity contribution in [2.75, 3.05) is 5.73 Å². The number of nitrogen functional groups attached to an aromatic ring is 1. The molecule has 0 radical (unpaired) electrons. The average molecular weight is 501 g/mol. The normalized spacial score (nSPS) is 13.8. The van der Waals surface area contributed by atoms with Crippen LogP contribution in [0.15, 0.2) is 43.0 Å². The number of alkyl halides is 3. The SMILES string of the molecule is CC[C@H](C)NC(=O)c1cc(-c2cnn(C(c3ccc(C(F)(F)F)nc3)C(C)C)c2)cn2nc(N)nc12. The van der Waals surface area contributed by atoms with Gasteiger partial charge in [0.05, 0.1) is 17.8 Å². The molecule has 4 rings (SSSR count). The Morgan fingerprint density at radius 1 is 1.14 bits per heavy atom. The van der Waals surface area contributed by atoms with E-state index in [0.717, 1.165) is 12.5 Å². The zero-order valence-electron chi connectivity index (χ0n) is 20.3. The van der Waals surface area contributed by atoms with E-state index >= 15 is 0 Å². The third-order valence-electron chi connectivity index (χ3n) is 5.95. The maximum atomic E-state index is 13.0. The first-order valence-corrected chi connectivity index (χ1v) is 11.5. The minimum Gasteiger partial charge on any atom is -0.366 e. The van der Waals surface area contributed by atoms with E-state index in [1.54, 1.807) is 29.3 Å². The lowest BCUT2D eigenvalue weighted by atomic mass is 9.97. The smallest absolute Gasteiger partial charge is 0.366 e. The van der Waals surface area contributed by atoms with Crippen LogP contribution < -0.4 is 11.1 Å². The van der Waals surface area contributed by atoms with Crippen LogP contribution in [0.5, 0.6) is 0 Å². The Morgan fingerprint density at radius 2 is 1.89 bits per heavy atom. The highest BCUT2D eigenvalue weighted by atomic mass is 19.4. The summed E-state index contributed by atoms with van der Waals surface area (Å²) in [4.78, 5) is 20.8. The van der Waals surface area contributed by atoms with Gasteiger partial charge < -0.3 is 11.1 Å². The highest BCUT2D eigenvalue weighted by Crippen LogP contribution is 2.32. The molecule has 2 atom stereocenters. The van der Waals surface area contributed by atoms with Crippen molar-refractivity contribution in [3.8, 4) is 11.1 Å². The van der Waals surface area contributed by atoms with E-state index in [9.17, 15) is 18.0 Å². The van der Waals surface area contributed by atoms with E-state index in [2.05, 4.69) is 25.5 Å². The Hall–Kier alpha value is -3.96. The Bertz CT molecular complexity index is 1370. The van der Waals surface area contributed by atoms with E-state index in [-0.39, 0.29) is 29.9 Å². The van der Waals surface area contributed by atoms with E-state index in [1.165, 1.54) is 16.8 Å². The van der Waals surface area contributed by atoms with Gasteiger partial charge >= 0.3 is 6.18 Å². The van der Waals surface area contributed by atoms with E-state index < -0.39 is 11.9 Å². The van der Waals surface area contributed by atoms with Gasteiger partial charge in [0.15, 0.2) is 5.65 Å². The van der Waals surface area contributed by atoms with Gasteiger partial charge in [-0.1, -0.05) is 26.8 Å². The number of carbonyl (C=O) groups excluding carboxylic acids is 1. The maximum absolute atomic E-state index is 13.0. The summed E-state index contributed by atoms with van der Waals surface area (Å²) in [5, 5.41) is 11.6. The van der Waals surface area contributed by atoms with Crippen molar-refractivity contribution in [2.24, 2.45) is 5.92 Å². The first-order chi connectivity index (χ1) is 17.0. The van der Waals surface area contributed by atoms with Gasteiger partial charge in [-0.25, -0.2) is 4.52 Å². The Labute approximate surface area is 205 Å². The number of anilines is 1. The van der Waals surface area contributed by atoms with Crippen molar-refractivity contribution in [3.05, 3.63) is 59.8 Å². The van der Waals surface area contributed by atoms with E-state index in [0.29, 0.717) is 27.9 Å². The van der Waals surface area contributed by atoms with Crippen LogP contribution in [0, 0.1) is 5.92 Å². The molecule has 0 saturated carbocycles. The summed E-state index contributed by atoms with van der Waals surface area (Å²) in [5.74, 6) is -0.257. The van der Waals surface area contributed by atoms with Gasteiger partial charge in [0.25, 0.3) is 5.91 Å². The average Bonchev–Trinajstić information content (AvgIpc) is 3.44. The molecule has 0 saturated heterocycles. The summed E-state index contributed by atoms with van der Waals surface area (Å²) in [6, 6.07) is 3.71. The largest absolute Gasteiger partial charge is 0.433 e. The first kappa shape index (κ1) is 25.1. The lowest BCUT2D eigenvalue weighted by molar-refractivity contribution is -0.141. The fraction of sp³-hybridized carbons (Fsp3) is 0.375. The highest BCUT2D eigenvalue weighted by molar-refractivity contribution is 6.01. The van der Waals surface area contributed by atoms with Crippen LogP contribution in [0.3, 0.4) is 0 Å². The minimum absolute atomic E-state index is 0.00532. The molecule has 4 heterocycles. The quantitative estimate of drug-likeness (QED) is 0.390. The second-order valence-corrected chi connectivity index (χ2v) is 9.04. The molecule has 1 unspecified atom stereocenters. The van der Waals surface area contributed by atoms with Gasteiger partial charge in [-0.3, -0.25) is 14.5 Å². The molecule has 190 valence electrons. The number of rotatable bonds is 7. The number of amides is 1. The van der Waals surface area contributed by atoms with Crippen LogP contribution >= 0.6 is 0 Å². The molecule has 0 fully saturated rings. The number of aromatic nitrogens is 6. The second kappa shape index (κ2) is 9.59. The molecule has 0 aliphatic rings. The molecule has 0 aliphatic carbocycles. The Morgan fingerprint density at radius 3 is 2.50 bits per heavy atom. The summed E-state index contributed by atoms with van der Waals surface area (Å²) in [5.41, 5.74) is 7.43. The van der Waals surface area contributed by atoms with Crippen molar-refractivity contribution < 1.29 is 18.0 Å². The number of nitrogens with zero attached hydrogens (tertiary/aromatic N) is 6. The van der Waals surface area contributed by atoms with Gasteiger partial charge in [0, 0.05) is 35.8 Å². The fourth-order valence-corrected chi connectivity index (χ4v) is 3.96. The van der Waals surface area contributed by atoms with Crippen molar-refractivity contribution in [3.63, 3.8) is 0 Å². The number of nitrogens with two attached hydrogens (primary N) is 1. The van der Waals surface area contributed by atoms with Crippen LogP contribution in [0.1, 0.15) is 61.8 Å². The molecule has 4 aromatic rings. The van der Waals surface area contributed by atoms with Crippen LogP contribution in [-0.4, -0.2) is 41.3 Å². The number of halogens is 3. The van der Waals surface area contributed by atoms with Crippen molar-refractivity contribution >= 4 is 17.5 Å². The molecule has 36 heavy (non-hydrogen) atoms. The summed E-state index contributed by atoms with van der Waals surface area (Å²) in [6.45, 7) is 7.78. The predicted octanol–water partition coefficient (Wildman–Crippen LogP) is 4.36.